The van der Waals surface area contributed by atoms with Gasteiger partial charge >= 0.3 is 5.97 Å². The fraction of sp³-hybridized carbons (Fsp3) is 0.286. The Morgan fingerprint density at radius 3 is 2.82 bits per heavy atom. The number of nitrogens with zero attached hydrogens (tertiary/aromatic N) is 5. The van der Waals surface area contributed by atoms with Crippen LogP contribution in [0, 0.1) is 6.92 Å². The van der Waals surface area contributed by atoms with Crippen LogP contribution in [0.1, 0.15) is 56.6 Å². The zero-order valence-corrected chi connectivity index (χ0v) is 18.0. The van der Waals surface area contributed by atoms with Crippen molar-refractivity contribution in [3.8, 4) is 11.6 Å². The van der Waals surface area contributed by atoms with E-state index in [0.717, 1.165) is 41.5 Å². The molecule has 0 N–H and O–H groups in total. The summed E-state index contributed by atoms with van der Waals surface area (Å²) in [7, 11) is 0. The van der Waals surface area contributed by atoms with E-state index >= 15 is 0 Å². The van der Waals surface area contributed by atoms with Crippen LogP contribution in [-0.2, 0) is 16.9 Å². The van der Waals surface area contributed by atoms with Gasteiger partial charge in [0, 0.05) is 4.53 Å². The number of hydrogen-bond donors (Lipinski definition) is 0. The molecule has 1 aliphatic rings. The zero-order valence-electron chi connectivity index (χ0n) is 17.2. The van der Waals surface area contributed by atoms with Crippen LogP contribution in [0.4, 0.5) is 13.3 Å². The molecule has 0 amide bonds. The fourth-order valence-electron chi connectivity index (χ4n) is 3.85. The number of thiazole rings is 1. The molecule has 3 aromatic heterocycles. The predicted octanol–water partition coefficient (Wildman–Crippen LogP) is 4.81. The third kappa shape index (κ3) is 3.80. The van der Waals surface area contributed by atoms with E-state index in [9.17, 15) is 18.1 Å². The molecule has 12 heteroatoms. The molecule has 0 radical (unpaired) electrons. The van der Waals surface area contributed by atoms with Crippen LogP contribution in [0.3, 0.4) is 0 Å². The summed E-state index contributed by atoms with van der Waals surface area (Å²) in [5, 5.41) is 8.42. The SMILES string of the molecule is Cc1ccccc1C1(c2noc(-c3cc(C(F)F)nn3Cc3ncc(C(=O)OF)s3)n2)CC1. The number of aryl methyl sites for hydroxylation is 1. The van der Waals surface area contributed by atoms with Gasteiger partial charge < -0.3 is 4.52 Å². The summed E-state index contributed by atoms with van der Waals surface area (Å²) in [6.45, 7) is 1.95. The first-order valence-electron chi connectivity index (χ1n) is 9.95. The highest BCUT2D eigenvalue weighted by molar-refractivity contribution is 7.13. The molecular formula is C21H16F3N5O3S. The van der Waals surface area contributed by atoms with E-state index in [-0.39, 0.29) is 28.4 Å². The third-order valence-electron chi connectivity index (χ3n) is 5.62. The lowest BCUT2D eigenvalue weighted by Crippen LogP contribution is -2.12. The van der Waals surface area contributed by atoms with Crippen LogP contribution >= 0.6 is 11.3 Å². The number of alkyl halides is 2. The number of benzene rings is 1. The zero-order chi connectivity index (χ0) is 23.2. The molecule has 0 unspecified atom stereocenters. The van der Waals surface area contributed by atoms with Gasteiger partial charge in [-0.2, -0.15) is 10.1 Å². The van der Waals surface area contributed by atoms with Gasteiger partial charge in [-0.15, -0.1) is 11.3 Å². The molecule has 1 aliphatic carbocycles. The minimum Gasteiger partial charge on any atom is -0.332 e. The van der Waals surface area contributed by atoms with Crippen LogP contribution < -0.4 is 0 Å². The van der Waals surface area contributed by atoms with E-state index in [0.29, 0.717) is 10.8 Å². The van der Waals surface area contributed by atoms with Gasteiger partial charge in [0.15, 0.2) is 5.82 Å². The van der Waals surface area contributed by atoms with Crippen molar-refractivity contribution in [1.82, 2.24) is 24.9 Å². The minimum absolute atomic E-state index is 0.0456. The number of aromatic nitrogens is 5. The maximum absolute atomic E-state index is 13.4. The van der Waals surface area contributed by atoms with Crippen molar-refractivity contribution in [3.63, 3.8) is 0 Å². The Bertz CT molecular complexity index is 1330. The number of hydrogen-bond acceptors (Lipinski definition) is 8. The molecule has 33 heavy (non-hydrogen) atoms. The lowest BCUT2D eigenvalue weighted by molar-refractivity contribution is -0.0783. The Kier molecular flexibility index (Phi) is 5.23. The Balaban J connectivity index is 1.49. The lowest BCUT2D eigenvalue weighted by Gasteiger charge is -2.13. The van der Waals surface area contributed by atoms with Crippen LogP contribution in [-0.4, -0.2) is 30.9 Å². The molecule has 8 nitrogen and oxygen atoms in total. The molecule has 1 saturated carbocycles. The molecule has 0 atom stereocenters. The van der Waals surface area contributed by atoms with E-state index in [2.05, 4.69) is 25.2 Å². The molecular weight excluding hydrogens is 459 g/mol. The van der Waals surface area contributed by atoms with Crippen molar-refractivity contribution in [2.45, 2.75) is 38.2 Å². The Hall–Kier alpha value is -3.54. The molecule has 1 aromatic carbocycles. The van der Waals surface area contributed by atoms with Crippen LogP contribution in [0.5, 0.6) is 0 Å². The molecule has 0 bridgehead atoms. The maximum atomic E-state index is 13.4. The minimum atomic E-state index is -2.82. The Labute approximate surface area is 188 Å². The van der Waals surface area contributed by atoms with Gasteiger partial charge in [0.05, 0.1) is 18.2 Å². The second-order valence-electron chi connectivity index (χ2n) is 7.72. The summed E-state index contributed by atoms with van der Waals surface area (Å²) in [5.41, 5.74) is 1.58. The first kappa shape index (κ1) is 21.3. The van der Waals surface area contributed by atoms with Crippen molar-refractivity contribution in [3.05, 3.63) is 69.1 Å². The summed E-state index contributed by atoms with van der Waals surface area (Å²) < 4.78 is 45.6. The maximum Gasteiger partial charge on any atom is 0.391 e. The van der Waals surface area contributed by atoms with E-state index in [1.807, 2.05) is 31.2 Å². The fourth-order valence-corrected chi connectivity index (χ4v) is 4.62. The van der Waals surface area contributed by atoms with E-state index in [1.165, 1.54) is 10.7 Å². The quantitative estimate of drug-likeness (QED) is 0.379. The average molecular weight is 475 g/mol. The smallest absolute Gasteiger partial charge is 0.332 e. The number of carbonyl (C=O) groups is 1. The van der Waals surface area contributed by atoms with E-state index in [1.54, 1.807) is 0 Å². The van der Waals surface area contributed by atoms with Gasteiger partial charge in [-0.1, -0.05) is 29.4 Å². The van der Waals surface area contributed by atoms with Crippen molar-refractivity contribution in [1.29, 1.82) is 0 Å². The van der Waals surface area contributed by atoms with Crippen LogP contribution in [0.2, 0.25) is 0 Å². The standard InChI is InChI=1S/C21H16F3N5O3S/c1-11-4-2-3-5-12(11)21(6-7-21)20-26-18(32-28-20)14-8-13(17(22)23)27-29(14)10-16-25-9-15(33-16)19(30)31-24/h2-5,8-9,17H,6-7,10H2,1H3. The van der Waals surface area contributed by atoms with Crippen molar-refractivity contribution in [2.75, 3.05) is 0 Å². The first-order chi connectivity index (χ1) is 15.9. The lowest BCUT2D eigenvalue weighted by atomic mass is 9.91. The predicted molar refractivity (Wildman–Crippen MR) is 109 cm³/mol. The molecule has 3 heterocycles. The largest absolute Gasteiger partial charge is 0.391 e. The monoisotopic (exact) mass is 475 g/mol. The number of carbonyl (C=O) groups excluding carboxylic acids is 1. The molecule has 170 valence electrons. The summed E-state index contributed by atoms with van der Waals surface area (Å²) >= 11 is 0.860. The Morgan fingerprint density at radius 2 is 2.12 bits per heavy atom. The first-order valence-corrected chi connectivity index (χ1v) is 10.8. The summed E-state index contributed by atoms with van der Waals surface area (Å²) in [4.78, 5) is 23.0. The summed E-state index contributed by atoms with van der Waals surface area (Å²) in [5.74, 6) is -0.648. The number of rotatable bonds is 7. The van der Waals surface area contributed by atoms with E-state index in [4.69, 9.17) is 4.52 Å². The van der Waals surface area contributed by atoms with Gasteiger partial charge in [0.2, 0.25) is 0 Å². The number of halogens is 3. The molecule has 0 spiro atoms. The average Bonchev–Trinajstić information content (AvgIpc) is 3.16. The van der Waals surface area contributed by atoms with Gasteiger partial charge in [0.25, 0.3) is 12.3 Å². The van der Waals surface area contributed by atoms with Crippen LogP contribution in [0.15, 0.2) is 41.1 Å². The molecule has 0 saturated heterocycles. The van der Waals surface area contributed by atoms with Crippen LogP contribution in [0.25, 0.3) is 11.6 Å². The molecule has 1 fully saturated rings. The highest BCUT2D eigenvalue weighted by atomic mass is 32.1. The summed E-state index contributed by atoms with van der Waals surface area (Å²) in [6.07, 6.45) is 0.0289. The van der Waals surface area contributed by atoms with Gasteiger partial charge in [-0.3, -0.25) is 4.68 Å². The van der Waals surface area contributed by atoms with Crippen molar-refractivity contribution < 1.29 is 27.6 Å². The van der Waals surface area contributed by atoms with Gasteiger partial charge in [-0.05, 0) is 37.0 Å². The normalized spacial score (nSPS) is 14.6. The Morgan fingerprint density at radius 1 is 1.33 bits per heavy atom. The molecule has 0 aliphatic heterocycles. The highest BCUT2D eigenvalue weighted by Crippen LogP contribution is 2.53. The summed E-state index contributed by atoms with van der Waals surface area (Å²) in [6, 6.07) is 9.13. The second kappa shape index (κ2) is 8.10. The van der Waals surface area contributed by atoms with Crippen molar-refractivity contribution in [2.24, 2.45) is 0 Å². The van der Waals surface area contributed by atoms with Gasteiger partial charge in [-0.25, -0.2) is 23.5 Å². The third-order valence-corrected chi connectivity index (χ3v) is 6.58. The van der Waals surface area contributed by atoms with E-state index < -0.39 is 18.1 Å². The topological polar surface area (TPSA) is 95.9 Å². The molecule has 4 aromatic rings. The van der Waals surface area contributed by atoms with Gasteiger partial charge in [0.1, 0.15) is 21.3 Å². The highest BCUT2D eigenvalue weighted by Gasteiger charge is 2.50. The molecule has 5 rings (SSSR count). The second-order valence-corrected chi connectivity index (χ2v) is 8.83. The van der Waals surface area contributed by atoms with Crippen molar-refractivity contribution >= 4 is 17.3 Å².